The standard InChI is InChI=1S/C12H11F3O/c13-12(14,15)10-4-1-8(2-5-10)9-3-6-11(16)7-9/h1-6,9,11,16H,7H2/t9-,11-/m0/s1. The Kier molecular flexibility index (Phi) is 2.76. The van der Waals surface area contributed by atoms with Crippen LogP contribution in [-0.4, -0.2) is 11.2 Å². The Morgan fingerprint density at radius 2 is 1.69 bits per heavy atom. The van der Waals surface area contributed by atoms with Crippen LogP contribution in [0, 0.1) is 0 Å². The van der Waals surface area contributed by atoms with Crippen molar-refractivity contribution in [2.24, 2.45) is 0 Å². The zero-order valence-corrected chi connectivity index (χ0v) is 8.41. The van der Waals surface area contributed by atoms with Crippen LogP contribution in [-0.2, 0) is 6.18 Å². The lowest BCUT2D eigenvalue weighted by Crippen LogP contribution is -2.05. The number of aliphatic hydroxyl groups is 1. The second-order valence-electron chi connectivity index (χ2n) is 3.91. The molecule has 1 aromatic rings. The largest absolute Gasteiger partial charge is 0.416 e. The molecule has 1 nitrogen and oxygen atoms in total. The van der Waals surface area contributed by atoms with Crippen molar-refractivity contribution in [2.75, 3.05) is 0 Å². The number of aliphatic hydroxyl groups excluding tert-OH is 1. The quantitative estimate of drug-likeness (QED) is 0.732. The molecule has 2 rings (SSSR count). The first-order chi connectivity index (χ1) is 7.47. The summed E-state index contributed by atoms with van der Waals surface area (Å²) in [5.41, 5.74) is 0.166. The zero-order valence-electron chi connectivity index (χ0n) is 8.41. The van der Waals surface area contributed by atoms with Gasteiger partial charge >= 0.3 is 6.18 Å². The Balaban J connectivity index is 2.17. The van der Waals surface area contributed by atoms with E-state index in [0.717, 1.165) is 17.7 Å². The van der Waals surface area contributed by atoms with Crippen LogP contribution < -0.4 is 0 Å². The topological polar surface area (TPSA) is 20.2 Å². The summed E-state index contributed by atoms with van der Waals surface area (Å²) >= 11 is 0. The van der Waals surface area contributed by atoms with Crippen molar-refractivity contribution in [1.82, 2.24) is 0 Å². The van der Waals surface area contributed by atoms with Crippen molar-refractivity contribution < 1.29 is 18.3 Å². The maximum Gasteiger partial charge on any atom is 0.416 e. The molecular formula is C12H11F3O. The number of hydrogen-bond acceptors (Lipinski definition) is 1. The maximum atomic E-state index is 12.3. The third-order valence-corrected chi connectivity index (χ3v) is 2.73. The summed E-state index contributed by atoms with van der Waals surface area (Å²) in [5.74, 6) is 0.0253. The molecule has 1 aromatic carbocycles. The van der Waals surface area contributed by atoms with E-state index in [-0.39, 0.29) is 5.92 Å². The third-order valence-electron chi connectivity index (χ3n) is 2.73. The van der Waals surface area contributed by atoms with Gasteiger partial charge in [0.2, 0.25) is 0 Å². The van der Waals surface area contributed by atoms with Gasteiger partial charge < -0.3 is 5.11 Å². The van der Waals surface area contributed by atoms with E-state index in [0.29, 0.717) is 6.42 Å². The van der Waals surface area contributed by atoms with Crippen molar-refractivity contribution in [1.29, 1.82) is 0 Å². The predicted molar refractivity (Wildman–Crippen MR) is 53.9 cm³/mol. The second-order valence-corrected chi connectivity index (χ2v) is 3.91. The summed E-state index contributed by atoms with van der Waals surface area (Å²) in [6.07, 6.45) is -0.725. The molecule has 0 saturated carbocycles. The van der Waals surface area contributed by atoms with Crippen molar-refractivity contribution in [2.45, 2.75) is 24.6 Å². The molecule has 1 aliphatic carbocycles. The Morgan fingerprint density at radius 3 is 2.12 bits per heavy atom. The summed E-state index contributed by atoms with van der Waals surface area (Å²) in [6.45, 7) is 0. The van der Waals surface area contributed by atoms with Crippen LogP contribution in [0.3, 0.4) is 0 Å². The number of rotatable bonds is 1. The van der Waals surface area contributed by atoms with Gasteiger partial charge in [-0.1, -0.05) is 24.3 Å². The summed E-state index contributed by atoms with van der Waals surface area (Å²) in [6, 6.07) is 5.09. The summed E-state index contributed by atoms with van der Waals surface area (Å²) in [7, 11) is 0. The van der Waals surface area contributed by atoms with Gasteiger partial charge in [-0.05, 0) is 24.1 Å². The fourth-order valence-electron chi connectivity index (χ4n) is 1.85. The van der Waals surface area contributed by atoms with E-state index in [1.54, 1.807) is 6.08 Å². The lowest BCUT2D eigenvalue weighted by Gasteiger charge is -2.11. The van der Waals surface area contributed by atoms with Gasteiger partial charge in [-0.15, -0.1) is 0 Å². The normalized spacial score (nSPS) is 25.0. The second kappa shape index (κ2) is 3.94. The first kappa shape index (κ1) is 11.2. The van der Waals surface area contributed by atoms with Gasteiger partial charge in [0.25, 0.3) is 0 Å². The molecular weight excluding hydrogens is 217 g/mol. The smallest absolute Gasteiger partial charge is 0.389 e. The van der Waals surface area contributed by atoms with Gasteiger partial charge in [0, 0.05) is 5.92 Å². The molecule has 0 unspecified atom stereocenters. The molecule has 0 aliphatic heterocycles. The SMILES string of the molecule is O[C@H]1C=C[C@H](c2ccc(C(F)(F)F)cc2)C1. The third kappa shape index (κ3) is 2.27. The van der Waals surface area contributed by atoms with E-state index in [1.165, 1.54) is 12.1 Å². The Hall–Kier alpha value is -1.29. The van der Waals surface area contributed by atoms with Crippen molar-refractivity contribution in [3.63, 3.8) is 0 Å². The van der Waals surface area contributed by atoms with E-state index >= 15 is 0 Å². The van der Waals surface area contributed by atoms with E-state index in [2.05, 4.69) is 0 Å². The highest BCUT2D eigenvalue weighted by molar-refractivity contribution is 5.31. The van der Waals surface area contributed by atoms with E-state index in [1.807, 2.05) is 6.08 Å². The fraction of sp³-hybridized carbons (Fsp3) is 0.333. The lowest BCUT2D eigenvalue weighted by atomic mass is 9.97. The fourth-order valence-corrected chi connectivity index (χ4v) is 1.85. The van der Waals surface area contributed by atoms with Crippen LogP contribution >= 0.6 is 0 Å². The summed E-state index contributed by atoms with van der Waals surface area (Å²) in [5, 5.41) is 9.28. The highest BCUT2D eigenvalue weighted by atomic mass is 19.4. The molecule has 0 fully saturated rings. The Labute approximate surface area is 91.2 Å². The van der Waals surface area contributed by atoms with Crippen molar-refractivity contribution >= 4 is 0 Å². The number of benzene rings is 1. The van der Waals surface area contributed by atoms with E-state index < -0.39 is 17.8 Å². The van der Waals surface area contributed by atoms with Gasteiger partial charge in [-0.25, -0.2) is 0 Å². The molecule has 2 atom stereocenters. The summed E-state index contributed by atoms with van der Waals surface area (Å²) in [4.78, 5) is 0. The highest BCUT2D eigenvalue weighted by Gasteiger charge is 2.30. The highest BCUT2D eigenvalue weighted by Crippen LogP contribution is 2.32. The van der Waals surface area contributed by atoms with Crippen LogP contribution in [0.2, 0.25) is 0 Å². The van der Waals surface area contributed by atoms with Crippen LogP contribution in [0.15, 0.2) is 36.4 Å². The van der Waals surface area contributed by atoms with Gasteiger partial charge in [-0.2, -0.15) is 13.2 Å². The molecule has 86 valence electrons. The van der Waals surface area contributed by atoms with Crippen LogP contribution in [0.1, 0.15) is 23.5 Å². The molecule has 1 aliphatic rings. The van der Waals surface area contributed by atoms with Gasteiger partial charge in [0.15, 0.2) is 0 Å². The molecule has 4 heteroatoms. The molecule has 0 aromatic heterocycles. The predicted octanol–water partition coefficient (Wildman–Crippen LogP) is 3.11. The minimum absolute atomic E-state index is 0.0253. The minimum atomic E-state index is -4.29. The van der Waals surface area contributed by atoms with Crippen molar-refractivity contribution in [3.8, 4) is 0 Å². The average molecular weight is 228 g/mol. The van der Waals surface area contributed by atoms with E-state index in [4.69, 9.17) is 0 Å². The van der Waals surface area contributed by atoms with Gasteiger partial charge in [-0.3, -0.25) is 0 Å². The molecule has 1 N–H and O–H groups in total. The first-order valence-electron chi connectivity index (χ1n) is 5.00. The molecule has 0 heterocycles. The first-order valence-corrected chi connectivity index (χ1v) is 5.00. The van der Waals surface area contributed by atoms with Crippen LogP contribution in [0.25, 0.3) is 0 Å². The summed E-state index contributed by atoms with van der Waals surface area (Å²) < 4.78 is 36.9. The molecule has 0 saturated heterocycles. The Bertz CT molecular complexity index is 392. The molecule has 0 bridgehead atoms. The molecule has 0 amide bonds. The minimum Gasteiger partial charge on any atom is -0.389 e. The number of halogens is 3. The van der Waals surface area contributed by atoms with Gasteiger partial charge in [0.05, 0.1) is 11.7 Å². The molecule has 0 radical (unpaired) electrons. The van der Waals surface area contributed by atoms with Gasteiger partial charge in [0.1, 0.15) is 0 Å². The monoisotopic (exact) mass is 228 g/mol. The zero-order chi connectivity index (χ0) is 11.8. The average Bonchev–Trinajstić information content (AvgIpc) is 2.64. The number of alkyl halides is 3. The van der Waals surface area contributed by atoms with Crippen molar-refractivity contribution in [3.05, 3.63) is 47.5 Å². The van der Waals surface area contributed by atoms with Crippen LogP contribution in [0.4, 0.5) is 13.2 Å². The molecule has 16 heavy (non-hydrogen) atoms. The lowest BCUT2D eigenvalue weighted by molar-refractivity contribution is -0.137. The Morgan fingerprint density at radius 1 is 1.06 bits per heavy atom. The van der Waals surface area contributed by atoms with E-state index in [9.17, 15) is 18.3 Å². The number of hydrogen-bond donors (Lipinski definition) is 1. The molecule has 0 spiro atoms. The number of allylic oxidation sites excluding steroid dienone is 1. The van der Waals surface area contributed by atoms with Crippen LogP contribution in [0.5, 0.6) is 0 Å². The maximum absolute atomic E-state index is 12.3.